The summed E-state index contributed by atoms with van der Waals surface area (Å²) in [4.78, 5) is 11.6. The van der Waals surface area contributed by atoms with Crippen LogP contribution >= 0.6 is 0 Å². The molecule has 1 aliphatic rings. The van der Waals surface area contributed by atoms with Gasteiger partial charge in [0.2, 0.25) is 0 Å². The second-order valence-electron chi connectivity index (χ2n) is 4.02. The molecule has 1 heterocycles. The van der Waals surface area contributed by atoms with E-state index in [0.717, 1.165) is 12.8 Å². The predicted molar refractivity (Wildman–Crippen MR) is 58.6 cm³/mol. The molecule has 0 amide bonds. The Labute approximate surface area is 91.4 Å². The molecular formula is C12H20O3. The third kappa shape index (κ3) is 3.67. The Kier molecular flexibility index (Phi) is 4.82. The van der Waals surface area contributed by atoms with Crippen LogP contribution < -0.4 is 0 Å². The molecule has 1 aliphatic heterocycles. The first-order valence-corrected chi connectivity index (χ1v) is 5.68. The van der Waals surface area contributed by atoms with Gasteiger partial charge in [0.1, 0.15) is 0 Å². The van der Waals surface area contributed by atoms with E-state index in [1.165, 1.54) is 12.8 Å². The highest BCUT2D eigenvalue weighted by Crippen LogP contribution is 2.19. The monoisotopic (exact) mass is 212 g/mol. The molecule has 0 saturated heterocycles. The summed E-state index contributed by atoms with van der Waals surface area (Å²) in [5.74, 6) is -0.271. The summed E-state index contributed by atoms with van der Waals surface area (Å²) in [5.41, 5.74) is -0.843. The van der Waals surface area contributed by atoms with Crippen LogP contribution in [0, 0.1) is 0 Å². The minimum Gasteiger partial charge on any atom is -0.463 e. The lowest BCUT2D eigenvalue weighted by atomic mass is 10.1. The zero-order valence-corrected chi connectivity index (χ0v) is 9.62. The quantitative estimate of drug-likeness (QED) is 0.385. The highest BCUT2D eigenvalue weighted by atomic mass is 16.6. The van der Waals surface area contributed by atoms with Crippen LogP contribution in [0.4, 0.5) is 0 Å². The maximum atomic E-state index is 11.6. The summed E-state index contributed by atoms with van der Waals surface area (Å²) >= 11 is 0. The number of hydrogen-bond donors (Lipinski definition) is 0. The van der Waals surface area contributed by atoms with Crippen LogP contribution in [0.15, 0.2) is 12.2 Å². The highest BCUT2D eigenvalue weighted by molar-refractivity contribution is 5.82. The maximum absolute atomic E-state index is 11.6. The fraction of sp³-hybridized carbons (Fsp3) is 0.750. The molecule has 0 saturated carbocycles. The van der Waals surface area contributed by atoms with Crippen LogP contribution in [0.5, 0.6) is 0 Å². The molecule has 1 rings (SSSR count). The van der Waals surface area contributed by atoms with E-state index in [-0.39, 0.29) is 5.97 Å². The fourth-order valence-electron chi connectivity index (χ4n) is 1.51. The molecule has 3 heteroatoms. The molecule has 1 unspecified atom stereocenters. The first kappa shape index (κ1) is 12.2. The summed E-state index contributed by atoms with van der Waals surface area (Å²) < 4.78 is 10.5. The second-order valence-corrected chi connectivity index (χ2v) is 4.02. The first-order chi connectivity index (χ1) is 7.19. The van der Waals surface area contributed by atoms with E-state index in [4.69, 9.17) is 9.47 Å². The van der Waals surface area contributed by atoms with Gasteiger partial charge in [0.25, 0.3) is 0 Å². The molecule has 0 bridgehead atoms. The van der Waals surface area contributed by atoms with E-state index in [9.17, 15) is 4.79 Å². The minimum absolute atomic E-state index is 0.271. The smallest absolute Gasteiger partial charge is 0.342 e. The van der Waals surface area contributed by atoms with E-state index in [1.54, 1.807) is 13.0 Å². The Morgan fingerprint density at radius 3 is 2.87 bits per heavy atom. The molecular weight excluding hydrogens is 192 g/mol. The lowest BCUT2D eigenvalue weighted by molar-refractivity contribution is -0.161. The standard InChI is InChI=1S/C12H20O3/c1-3-4-5-6-9-14-11(13)12(2)8-7-10-15-12/h7-8H,3-6,9-10H2,1-2H3. The van der Waals surface area contributed by atoms with Gasteiger partial charge in [0.15, 0.2) is 5.60 Å². The average molecular weight is 212 g/mol. The number of ether oxygens (including phenoxy) is 2. The lowest BCUT2D eigenvalue weighted by Gasteiger charge is -2.19. The molecule has 86 valence electrons. The van der Waals surface area contributed by atoms with Crippen molar-refractivity contribution in [1.82, 2.24) is 0 Å². The van der Waals surface area contributed by atoms with Crippen molar-refractivity contribution in [3.8, 4) is 0 Å². The number of rotatable bonds is 6. The number of carbonyl (C=O) groups is 1. The summed E-state index contributed by atoms with van der Waals surface area (Å²) in [5, 5.41) is 0. The molecule has 0 radical (unpaired) electrons. The van der Waals surface area contributed by atoms with Crippen molar-refractivity contribution in [2.45, 2.75) is 45.1 Å². The summed E-state index contributed by atoms with van der Waals surface area (Å²) in [7, 11) is 0. The van der Waals surface area contributed by atoms with Gasteiger partial charge in [-0.15, -0.1) is 0 Å². The molecule has 0 spiro atoms. The normalized spacial score (nSPS) is 24.4. The molecule has 0 aromatic carbocycles. The van der Waals surface area contributed by atoms with E-state index < -0.39 is 5.60 Å². The third-order valence-corrected chi connectivity index (χ3v) is 2.55. The SMILES string of the molecule is CCCCCCOC(=O)C1(C)C=CCO1. The largest absolute Gasteiger partial charge is 0.463 e. The van der Waals surface area contributed by atoms with Crippen LogP contribution in [0.1, 0.15) is 39.5 Å². The van der Waals surface area contributed by atoms with Crippen molar-refractivity contribution in [2.24, 2.45) is 0 Å². The summed E-state index contributed by atoms with van der Waals surface area (Å²) in [6.07, 6.45) is 8.07. The summed E-state index contributed by atoms with van der Waals surface area (Å²) in [6, 6.07) is 0. The molecule has 0 aliphatic carbocycles. The molecule has 0 fully saturated rings. The number of carbonyl (C=O) groups excluding carboxylic acids is 1. The van der Waals surface area contributed by atoms with Crippen molar-refractivity contribution >= 4 is 5.97 Å². The van der Waals surface area contributed by atoms with E-state index >= 15 is 0 Å². The highest BCUT2D eigenvalue weighted by Gasteiger charge is 2.35. The lowest BCUT2D eigenvalue weighted by Crippen LogP contribution is -2.35. The van der Waals surface area contributed by atoms with Crippen LogP contribution in [0.25, 0.3) is 0 Å². The van der Waals surface area contributed by atoms with Crippen molar-refractivity contribution in [1.29, 1.82) is 0 Å². The zero-order valence-electron chi connectivity index (χ0n) is 9.62. The van der Waals surface area contributed by atoms with Gasteiger partial charge in [-0.05, 0) is 19.4 Å². The molecule has 0 aromatic rings. The van der Waals surface area contributed by atoms with Crippen LogP contribution in [0.3, 0.4) is 0 Å². The molecule has 15 heavy (non-hydrogen) atoms. The van der Waals surface area contributed by atoms with Gasteiger partial charge in [-0.3, -0.25) is 0 Å². The molecule has 0 aromatic heterocycles. The van der Waals surface area contributed by atoms with Gasteiger partial charge >= 0.3 is 5.97 Å². The first-order valence-electron chi connectivity index (χ1n) is 5.68. The average Bonchev–Trinajstić information content (AvgIpc) is 2.66. The Morgan fingerprint density at radius 1 is 1.47 bits per heavy atom. The molecule has 0 N–H and O–H groups in total. The van der Waals surface area contributed by atoms with Gasteiger partial charge in [0.05, 0.1) is 13.2 Å². The van der Waals surface area contributed by atoms with E-state index in [1.807, 2.05) is 6.08 Å². The van der Waals surface area contributed by atoms with Crippen molar-refractivity contribution in [3.05, 3.63) is 12.2 Å². The van der Waals surface area contributed by atoms with Gasteiger partial charge in [-0.25, -0.2) is 4.79 Å². The third-order valence-electron chi connectivity index (χ3n) is 2.55. The van der Waals surface area contributed by atoms with Crippen molar-refractivity contribution < 1.29 is 14.3 Å². The topological polar surface area (TPSA) is 35.5 Å². The zero-order chi connectivity index (χ0) is 11.1. The van der Waals surface area contributed by atoms with Gasteiger partial charge in [0, 0.05) is 0 Å². The fourth-order valence-corrected chi connectivity index (χ4v) is 1.51. The van der Waals surface area contributed by atoms with Crippen LogP contribution in [-0.4, -0.2) is 24.8 Å². The Bertz CT molecular complexity index is 235. The number of esters is 1. The van der Waals surface area contributed by atoms with Crippen LogP contribution in [0.2, 0.25) is 0 Å². The van der Waals surface area contributed by atoms with Gasteiger partial charge in [-0.2, -0.15) is 0 Å². The van der Waals surface area contributed by atoms with Crippen molar-refractivity contribution in [2.75, 3.05) is 13.2 Å². The maximum Gasteiger partial charge on any atom is 0.342 e. The van der Waals surface area contributed by atoms with E-state index in [0.29, 0.717) is 13.2 Å². The number of unbranched alkanes of at least 4 members (excludes halogenated alkanes) is 3. The van der Waals surface area contributed by atoms with E-state index in [2.05, 4.69) is 6.92 Å². The second kappa shape index (κ2) is 5.91. The minimum atomic E-state index is -0.843. The Hall–Kier alpha value is -0.830. The predicted octanol–water partition coefficient (Wildman–Crippen LogP) is 2.46. The molecule has 3 nitrogen and oxygen atoms in total. The molecule has 1 atom stereocenters. The Morgan fingerprint density at radius 2 is 2.27 bits per heavy atom. The van der Waals surface area contributed by atoms with Crippen LogP contribution in [-0.2, 0) is 14.3 Å². The Balaban J connectivity index is 2.16. The van der Waals surface area contributed by atoms with Crippen molar-refractivity contribution in [3.63, 3.8) is 0 Å². The number of hydrogen-bond acceptors (Lipinski definition) is 3. The summed E-state index contributed by atoms with van der Waals surface area (Å²) in [6.45, 7) is 4.90. The van der Waals surface area contributed by atoms with Gasteiger partial charge < -0.3 is 9.47 Å². The van der Waals surface area contributed by atoms with Gasteiger partial charge in [-0.1, -0.05) is 32.3 Å².